The molecule has 4 heteroatoms. The lowest BCUT2D eigenvalue weighted by molar-refractivity contribution is 0.149. The number of nitrogens with two attached hydrogens (primary N) is 1. The minimum atomic E-state index is 0.673. The first kappa shape index (κ1) is 13.8. The molecule has 18 heavy (non-hydrogen) atoms. The Hall–Kier alpha value is -0.580. The predicted octanol–water partition coefficient (Wildman–Crippen LogP) is 2.50. The second-order valence-electron chi connectivity index (χ2n) is 4.85. The Balaban J connectivity index is 1.70. The minimum absolute atomic E-state index is 0.673. The van der Waals surface area contributed by atoms with E-state index >= 15 is 0 Å². The van der Waals surface area contributed by atoms with Gasteiger partial charge in [0, 0.05) is 17.6 Å². The molecule has 3 nitrogen and oxygen atoms in total. The van der Waals surface area contributed by atoms with Crippen molar-refractivity contribution >= 4 is 15.9 Å². The van der Waals surface area contributed by atoms with E-state index in [0.717, 1.165) is 36.5 Å². The van der Waals surface area contributed by atoms with Crippen LogP contribution in [0.2, 0.25) is 0 Å². The molecule has 0 bridgehead atoms. The molecule has 1 unspecified atom stereocenters. The van der Waals surface area contributed by atoms with Gasteiger partial charge in [0.1, 0.15) is 12.4 Å². The van der Waals surface area contributed by atoms with Gasteiger partial charge in [-0.3, -0.25) is 4.90 Å². The lowest BCUT2D eigenvalue weighted by Gasteiger charge is -2.31. The number of benzene rings is 1. The minimum Gasteiger partial charge on any atom is -0.492 e. The van der Waals surface area contributed by atoms with Crippen LogP contribution in [0.25, 0.3) is 0 Å². The number of halogens is 1. The van der Waals surface area contributed by atoms with Crippen molar-refractivity contribution in [2.24, 2.45) is 11.7 Å². The normalized spacial score (nSPS) is 20.9. The number of ether oxygens (including phenoxy) is 1. The van der Waals surface area contributed by atoms with E-state index in [9.17, 15) is 0 Å². The van der Waals surface area contributed by atoms with E-state index in [-0.39, 0.29) is 0 Å². The van der Waals surface area contributed by atoms with Crippen LogP contribution in [-0.2, 0) is 0 Å². The van der Waals surface area contributed by atoms with E-state index < -0.39 is 0 Å². The first-order valence-corrected chi connectivity index (χ1v) is 7.38. The lowest BCUT2D eigenvalue weighted by Crippen LogP contribution is -2.40. The number of rotatable bonds is 5. The molecule has 0 aliphatic carbocycles. The van der Waals surface area contributed by atoms with Gasteiger partial charge in [-0.1, -0.05) is 15.9 Å². The summed E-state index contributed by atoms with van der Waals surface area (Å²) in [5.74, 6) is 1.61. The number of likely N-dealkylation sites (tertiary alicyclic amines) is 1. The van der Waals surface area contributed by atoms with Crippen LogP contribution in [0.4, 0.5) is 0 Å². The van der Waals surface area contributed by atoms with Crippen molar-refractivity contribution in [3.63, 3.8) is 0 Å². The molecule has 1 aromatic rings. The quantitative estimate of drug-likeness (QED) is 0.908. The maximum absolute atomic E-state index is 5.74. The van der Waals surface area contributed by atoms with Gasteiger partial charge in [-0.15, -0.1) is 0 Å². The zero-order chi connectivity index (χ0) is 12.8. The fourth-order valence-electron chi connectivity index (χ4n) is 2.37. The molecule has 1 aromatic carbocycles. The summed E-state index contributed by atoms with van der Waals surface area (Å²) >= 11 is 3.42. The van der Waals surface area contributed by atoms with Crippen molar-refractivity contribution in [2.75, 3.05) is 32.8 Å². The topological polar surface area (TPSA) is 38.5 Å². The number of nitrogens with zero attached hydrogens (tertiary/aromatic N) is 1. The summed E-state index contributed by atoms with van der Waals surface area (Å²) < 4.78 is 6.82. The second-order valence-corrected chi connectivity index (χ2v) is 5.76. The summed E-state index contributed by atoms with van der Waals surface area (Å²) in [6.45, 7) is 4.86. The molecule has 0 amide bonds. The van der Waals surface area contributed by atoms with Gasteiger partial charge in [0.25, 0.3) is 0 Å². The zero-order valence-electron chi connectivity index (χ0n) is 10.6. The smallest absolute Gasteiger partial charge is 0.119 e. The molecule has 0 saturated carbocycles. The van der Waals surface area contributed by atoms with E-state index in [1.807, 2.05) is 24.3 Å². The Morgan fingerprint density at radius 2 is 2.11 bits per heavy atom. The highest BCUT2D eigenvalue weighted by Crippen LogP contribution is 2.17. The first-order valence-electron chi connectivity index (χ1n) is 6.58. The van der Waals surface area contributed by atoms with Gasteiger partial charge in [-0.25, -0.2) is 0 Å². The maximum Gasteiger partial charge on any atom is 0.119 e. The molecule has 1 heterocycles. The van der Waals surface area contributed by atoms with Gasteiger partial charge in [0.15, 0.2) is 0 Å². The van der Waals surface area contributed by atoms with Gasteiger partial charge < -0.3 is 10.5 Å². The summed E-state index contributed by atoms with van der Waals surface area (Å²) in [7, 11) is 0. The predicted molar refractivity (Wildman–Crippen MR) is 77.9 cm³/mol. The highest BCUT2D eigenvalue weighted by Gasteiger charge is 2.18. The molecule has 1 aliphatic heterocycles. The summed E-state index contributed by atoms with van der Waals surface area (Å²) in [4.78, 5) is 2.46. The average molecular weight is 313 g/mol. The van der Waals surface area contributed by atoms with Crippen LogP contribution in [0.5, 0.6) is 5.75 Å². The fraction of sp³-hybridized carbons (Fsp3) is 0.571. The molecular formula is C14H21BrN2O. The average Bonchev–Trinajstić information content (AvgIpc) is 2.41. The number of hydrogen-bond acceptors (Lipinski definition) is 3. The van der Waals surface area contributed by atoms with Gasteiger partial charge >= 0.3 is 0 Å². The summed E-state index contributed by atoms with van der Waals surface area (Å²) in [6.07, 6.45) is 2.54. The van der Waals surface area contributed by atoms with Gasteiger partial charge in [0.2, 0.25) is 0 Å². The molecular weight excluding hydrogens is 292 g/mol. The highest BCUT2D eigenvalue weighted by molar-refractivity contribution is 9.10. The van der Waals surface area contributed by atoms with Gasteiger partial charge in [-0.05, 0) is 56.1 Å². The summed E-state index contributed by atoms with van der Waals surface area (Å²) in [6, 6.07) is 7.98. The molecule has 2 N–H and O–H groups in total. The molecule has 1 saturated heterocycles. The molecule has 1 atom stereocenters. The molecule has 2 rings (SSSR count). The Morgan fingerprint density at radius 3 is 2.83 bits per heavy atom. The van der Waals surface area contributed by atoms with Crippen molar-refractivity contribution in [3.8, 4) is 5.75 Å². The zero-order valence-corrected chi connectivity index (χ0v) is 12.2. The first-order chi connectivity index (χ1) is 8.78. The van der Waals surface area contributed by atoms with Crippen molar-refractivity contribution < 1.29 is 4.74 Å². The Bertz CT molecular complexity index is 355. The summed E-state index contributed by atoms with van der Waals surface area (Å²) in [5.41, 5.74) is 5.74. The van der Waals surface area contributed by atoms with Crippen molar-refractivity contribution in [1.29, 1.82) is 0 Å². The van der Waals surface area contributed by atoms with E-state index in [1.165, 1.54) is 19.4 Å². The monoisotopic (exact) mass is 312 g/mol. The third-order valence-electron chi connectivity index (χ3n) is 3.43. The third kappa shape index (κ3) is 4.26. The fourth-order valence-corrected chi connectivity index (χ4v) is 2.63. The SMILES string of the molecule is NCC1CCCN(CCOc2ccc(Br)cc2)C1. The van der Waals surface area contributed by atoms with E-state index in [1.54, 1.807) is 0 Å². The molecule has 1 aliphatic rings. The van der Waals surface area contributed by atoms with Gasteiger partial charge in [0.05, 0.1) is 0 Å². The van der Waals surface area contributed by atoms with Crippen LogP contribution in [0, 0.1) is 5.92 Å². The maximum atomic E-state index is 5.74. The molecule has 1 fully saturated rings. The van der Waals surface area contributed by atoms with Crippen LogP contribution in [-0.4, -0.2) is 37.7 Å². The third-order valence-corrected chi connectivity index (χ3v) is 3.95. The molecule has 0 spiro atoms. The van der Waals surface area contributed by atoms with Crippen LogP contribution in [0.15, 0.2) is 28.7 Å². The molecule has 100 valence electrons. The summed E-state index contributed by atoms with van der Waals surface area (Å²) in [5, 5.41) is 0. The van der Waals surface area contributed by atoms with E-state index in [2.05, 4.69) is 20.8 Å². The van der Waals surface area contributed by atoms with Crippen molar-refractivity contribution in [2.45, 2.75) is 12.8 Å². The van der Waals surface area contributed by atoms with Crippen LogP contribution in [0.3, 0.4) is 0 Å². The highest BCUT2D eigenvalue weighted by atomic mass is 79.9. The van der Waals surface area contributed by atoms with Crippen molar-refractivity contribution in [1.82, 2.24) is 4.90 Å². The lowest BCUT2D eigenvalue weighted by atomic mass is 9.98. The second kappa shape index (κ2) is 7.12. The number of piperidine rings is 1. The van der Waals surface area contributed by atoms with Crippen LogP contribution < -0.4 is 10.5 Å². The van der Waals surface area contributed by atoms with Gasteiger partial charge in [-0.2, -0.15) is 0 Å². The van der Waals surface area contributed by atoms with E-state index in [0.29, 0.717) is 5.92 Å². The standard InChI is InChI=1S/C14H21BrN2O/c15-13-3-5-14(6-4-13)18-9-8-17-7-1-2-12(10-16)11-17/h3-6,12H,1-2,7-11,16H2. The van der Waals surface area contributed by atoms with Crippen LogP contribution in [0.1, 0.15) is 12.8 Å². The molecule has 0 radical (unpaired) electrons. The Morgan fingerprint density at radius 1 is 1.33 bits per heavy atom. The number of hydrogen-bond donors (Lipinski definition) is 1. The van der Waals surface area contributed by atoms with E-state index in [4.69, 9.17) is 10.5 Å². The Kier molecular flexibility index (Phi) is 5.47. The van der Waals surface area contributed by atoms with Crippen LogP contribution >= 0.6 is 15.9 Å². The largest absolute Gasteiger partial charge is 0.492 e. The molecule has 0 aromatic heterocycles. The Labute approximate surface area is 117 Å². The van der Waals surface area contributed by atoms with Crippen molar-refractivity contribution in [3.05, 3.63) is 28.7 Å².